The van der Waals surface area contributed by atoms with E-state index in [4.69, 9.17) is 11.6 Å². The van der Waals surface area contributed by atoms with Crippen LogP contribution in [0.2, 0.25) is 5.28 Å². The predicted molar refractivity (Wildman–Crippen MR) is 185 cm³/mol. The third-order valence-electron chi connectivity index (χ3n) is 7.30. The molecule has 0 amide bonds. The molecule has 58 heavy (non-hydrogen) atoms. The van der Waals surface area contributed by atoms with Crippen LogP contribution in [0.15, 0.2) is 97.5 Å². The van der Waals surface area contributed by atoms with Gasteiger partial charge in [-0.2, -0.15) is 20.1 Å². The normalized spacial score (nSPS) is 13.4. The van der Waals surface area contributed by atoms with Gasteiger partial charge in [-0.1, -0.05) is 18.2 Å². The minimum Gasteiger partial charge on any atom is -0.744 e. The number of halogens is 1. The van der Waals surface area contributed by atoms with Crippen molar-refractivity contribution in [2.75, 3.05) is 16.1 Å². The van der Waals surface area contributed by atoms with E-state index in [1.165, 1.54) is 18.2 Å². The SMILES string of the molecule is O=C1C(=NNc2cc3c(S(=O)(=O)[O-])cc(S(=O)(=O)[O-])cc3cc2S(=O)(=O)[O-])C(S(=O)(=O)[O-])=Cc2cc(Nc3nc(Cl)nc(Nc4ccccc4)n3)ccc21.[Na+].[Na+].[Na+].[Na+]. The second kappa shape index (κ2) is 20.2. The van der Waals surface area contributed by atoms with Crippen LogP contribution >= 0.6 is 11.6 Å². The van der Waals surface area contributed by atoms with Crippen LogP contribution in [-0.2, 0) is 40.5 Å². The summed E-state index contributed by atoms with van der Waals surface area (Å²) in [4.78, 5) is 20.7. The van der Waals surface area contributed by atoms with Crippen molar-refractivity contribution in [2.45, 2.75) is 14.7 Å². The summed E-state index contributed by atoms with van der Waals surface area (Å²) in [5, 5.41) is 7.73. The maximum atomic E-state index is 13.6. The van der Waals surface area contributed by atoms with Gasteiger partial charge in [-0.05, 0) is 83.2 Å². The number of para-hydroxylation sites is 1. The van der Waals surface area contributed by atoms with Crippen molar-refractivity contribution in [2.24, 2.45) is 5.10 Å². The molecule has 6 rings (SSSR count). The van der Waals surface area contributed by atoms with Gasteiger partial charge in [-0.3, -0.25) is 10.2 Å². The molecule has 0 saturated heterocycles. The first kappa shape index (κ1) is 52.7. The van der Waals surface area contributed by atoms with E-state index in [9.17, 15) is 56.7 Å². The van der Waals surface area contributed by atoms with Gasteiger partial charge >= 0.3 is 118 Å². The van der Waals surface area contributed by atoms with Crippen molar-refractivity contribution < 1.29 is 175 Å². The zero-order valence-corrected chi connectivity index (χ0v) is 42.1. The van der Waals surface area contributed by atoms with Crippen LogP contribution in [0.5, 0.6) is 0 Å². The van der Waals surface area contributed by atoms with E-state index in [2.05, 4.69) is 30.7 Å². The number of hydrogen-bond donors (Lipinski definition) is 3. The van der Waals surface area contributed by atoms with Crippen molar-refractivity contribution in [1.29, 1.82) is 0 Å². The number of carbonyl (C=O) groups is 1. The summed E-state index contributed by atoms with van der Waals surface area (Å²) in [6.07, 6.45) is 0.770. The number of ketones is 1. The Morgan fingerprint density at radius 3 is 1.76 bits per heavy atom. The van der Waals surface area contributed by atoms with Gasteiger partial charge in [0, 0.05) is 22.3 Å². The Morgan fingerprint density at radius 1 is 0.621 bits per heavy atom. The Hall–Kier alpha value is -1.44. The first-order valence-electron chi connectivity index (χ1n) is 14.3. The van der Waals surface area contributed by atoms with Gasteiger partial charge in [-0.25, -0.2) is 33.7 Å². The number of rotatable bonds is 10. The number of nitrogens with one attached hydrogen (secondary N) is 3. The number of fused-ring (bicyclic) bond motifs is 2. The smallest absolute Gasteiger partial charge is 0.744 e. The molecule has 0 radical (unpaired) electrons. The number of benzene rings is 4. The van der Waals surface area contributed by atoms with Gasteiger partial charge in [0.05, 0.1) is 25.3 Å². The predicted octanol–water partition coefficient (Wildman–Crippen LogP) is -9.56. The number of aromatic nitrogens is 3. The summed E-state index contributed by atoms with van der Waals surface area (Å²) in [7, 11) is -22.1. The number of carbonyl (C=O) groups excluding carboxylic acids is 1. The molecule has 0 fully saturated rings. The van der Waals surface area contributed by atoms with Crippen LogP contribution in [0, 0.1) is 0 Å². The number of hydrogen-bond acceptors (Lipinski definition) is 20. The quantitative estimate of drug-likeness (QED) is 0.0665. The van der Waals surface area contributed by atoms with Crippen molar-refractivity contribution in [1.82, 2.24) is 15.0 Å². The molecule has 1 heterocycles. The van der Waals surface area contributed by atoms with Crippen LogP contribution < -0.4 is 134 Å². The van der Waals surface area contributed by atoms with Crippen molar-refractivity contribution in [3.8, 4) is 0 Å². The fourth-order valence-electron chi connectivity index (χ4n) is 5.05. The monoisotopic (exact) mass is 925 g/mol. The summed E-state index contributed by atoms with van der Waals surface area (Å²) in [6.45, 7) is 0. The van der Waals surface area contributed by atoms with E-state index in [1.807, 2.05) is 5.43 Å². The van der Waals surface area contributed by atoms with Gasteiger partial charge in [0.2, 0.25) is 23.0 Å². The van der Waals surface area contributed by atoms with Crippen molar-refractivity contribution in [3.05, 3.63) is 94.1 Å². The third kappa shape index (κ3) is 12.4. The Kier molecular flexibility index (Phi) is 18.3. The van der Waals surface area contributed by atoms with E-state index in [0.29, 0.717) is 23.9 Å². The molecular weight excluding hydrogens is 910 g/mol. The summed E-state index contributed by atoms with van der Waals surface area (Å²) in [6, 6.07) is 14.2. The molecule has 1 aliphatic rings. The van der Waals surface area contributed by atoms with Crippen LogP contribution in [0.1, 0.15) is 15.9 Å². The Morgan fingerprint density at radius 2 is 1.21 bits per heavy atom. The largest absolute Gasteiger partial charge is 1.00 e. The average molecular weight is 926 g/mol. The summed E-state index contributed by atoms with van der Waals surface area (Å²) < 4.78 is 144. The molecule has 4 aromatic carbocycles. The fourth-order valence-corrected chi connectivity index (χ4v) is 7.82. The Labute approximate surface area is 423 Å². The van der Waals surface area contributed by atoms with E-state index in [-0.39, 0.29) is 158 Å². The summed E-state index contributed by atoms with van der Waals surface area (Å²) in [5.74, 6) is -1.23. The van der Waals surface area contributed by atoms with E-state index >= 15 is 0 Å². The molecule has 1 aliphatic carbocycles. The maximum Gasteiger partial charge on any atom is 1.00 e. The molecule has 0 aliphatic heterocycles. The minimum absolute atomic E-state index is 0. The van der Waals surface area contributed by atoms with E-state index in [1.54, 1.807) is 30.3 Å². The third-order valence-corrected chi connectivity index (χ3v) is 10.9. The molecule has 20 nitrogen and oxygen atoms in total. The van der Waals surface area contributed by atoms with Crippen LogP contribution in [-0.4, -0.2) is 78.3 Å². The molecule has 3 N–H and O–H groups in total. The molecular formula is C29H16ClN7Na4O13S4. The van der Waals surface area contributed by atoms with Gasteiger partial charge in [-0.15, -0.1) is 0 Å². The van der Waals surface area contributed by atoms with Crippen LogP contribution in [0.4, 0.5) is 29.0 Å². The molecule has 0 saturated carbocycles. The Balaban J connectivity index is 0.00000290. The topological polar surface area (TPSA) is 333 Å². The average Bonchev–Trinajstić information content (AvgIpc) is 3.05. The standard InChI is InChI=1S/C29H20ClN7O13S4.4Na/c30-27-33-28(31-16-4-2-1-3-5-16)35-29(34-27)32-17-6-7-19-14(8-17)11-24(54(48,49)50)25(26(19)38)37-36-21-13-20-15(10-23(21)53(45,46)47)9-18(51(39,40)41)12-22(20)52(42,43)44;;;;/h1-13,36H,(H,39,40,41)(H,42,43,44)(H,45,46,47)(H,48,49,50)(H2,31,32,33,34,35);;;;/q;4*+1/p-4. The number of nitrogens with zero attached hydrogens (tertiary/aromatic N) is 4. The Bertz CT molecular complexity index is 2970. The maximum absolute atomic E-state index is 13.6. The number of anilines is 5. The van der Waals surface area contributed by atoms with E-state index < -0.39 is 88.0 Å². The van der Waals surface area contributed by atoms with Crippen molar-refractivity contribution in [3.63, 3.8) is 0 Å². The molecule has 0 spiro atoms. The van der Waals surface area contributed by atoms with Gasteiger partial charge in [0.25, 0.3) is 0 Å². The number of Topliss-reactive ketones (excluding diaryl/α,β-unsaturated/α-hetero) is 1. The fraction of sp³-hybridized carbons (Fsp3) is 0. The first-order valence-corrected chi connectivity index (χ1v) is 20.3. The molecule has 29 heteroatoms. The zero-order chi connectivity index (χ0) is 39.4. The van der Waals surface area contributed by atoms with Crippen molar-refractivity contribution >= 4 is 109 Å². The van der Waals surface area contributed by atoms with E-state index in [0.717, 1.165) is 6.08 Å². The molecule has 0 bridgehead atoms. The number of hydrazone groups is 1. The van der Waals surface area contributed by atoms with Crippen LogP contribution in [0.25, 0.3) is 16.8 Å². The molecule has 280 valence electrons. The number of allylic oxidation sites excluding steroid dienone is 1. The van der Waals surface area contributed by atoms with Crippen LogP contribution in [0.3, 0.4) is 0 Å². The molecule has 5 aromatic rings. The van der Waals surface area contributed by atoms with Gasteiger partial charge in [0.15, 0.2) is 0 Å². The molecule has 0 unspecified atom stereocenters. The second-order valence-corrected chi connectivity index (χ2v) is 16.6. The summed E-state index contributed by atoms with van der Waals surface area (Å²) in [5.41, 5.74) is 0.364. The van der Waals surface area contributed by atoms with Gasteiger partial charge in [0.1, 0.15) is 46.2 Å². The first-order chi connectivity index (χ1) is 25.1. The minimum atomic E-state index is -5.58. The zero-order valence-electron chi connectivity index (χ0n) is 30.1. The summed E-state index contributed by atoms with van der Waals surface area (Å²) >= 11 is 6.05. The molecule has 0 atom stereocenters. The molecule has 1 aromatic heterocycles. The van der Waals surface area contributed by atoms with Gasteiger partial charge < -0.3 is 28.8 Å². The second-order valence-electron chi connectivity index (χ2n) is 10.9.